The molecule has 4 rings (SSSR count). The summed E-state index contributed by atoms with van der Waals surface area (Å²) in [5.41, 5.74) is 2.91. The molecular weight excluding hydrogens is 420 g/mol. The van der Waals surface area contributed by atoms with Gasteiger partial charge < -0.3 is 13.8 Å². The summed E-state index contributed by atoms with van der Waals surface area (Å²) in [6.07, 6.45) is 5.62. The number of nitrogens with zero attached hydrogens (tertiary/aromatic N) is 4. The van der Waals surface area contributed by atoms with Crippen LogP contribution in [0.15, 0.2) is 70.2 Å². The number of ether oxygens (including phenoxy) is 1. The zero-order valence-electron chi connectivity index (χ0n) is 15.5. The highest BCUT2D eigenvalue weighted by Crippen LogP contribution is 2.31. The molecule has 2 heterocycles. The molecule has 142 valence electrons. The van der Waals surface area contributed by atoms with Crippen LogP contribution in [0.4, 0.5) is 0 Å². The molecule has 0 aliphatic carbocycles. The van der Waals surface area contributed by atoms with Crippen molar-refractivity contribution in [2.24, 2.45) is 0 Å². The molecule has 6 nitrogen and oxygen atoms in total. The fourth-order valence-electron chi connectivity index (χ4n) is 2.79. The first-order valence-electron chi connectivity index (χ1n) is 8.94. The molecule has 0 aliphatic heterocycles. The number of rotatable bonds is 6. The van der Waals surface area contributed by atoms with E-state index in [1.165, 1.54) is 5.56 Å². The predicted octanol–water partition coefficient (Wildman–Crippen LogP) is 5.20. The first-order valence-corrected chi connectivity index (χ1v) is 9.73. The third-order valence-corrected chi connectivity index (χ3v) is 4.72. The monoisotopic (exact) mass is 438 g/mol. The van der Waals surface area contributed by atoms with Crippen LogP contribution in [0, 0.1) is 0 Å². The van der Waals surface area contributed by atoms with Crippen LogP contribution in [0.3, 0.4) is 0 Å². The molecule has 0 radical (unpaired) electrons. The average molecular weight is 439 g/mol. The largest absolute Gasteiger partial charge is 0.490 e. The smallest absolute Gasteiger partial charge is 0.258 e. The normalized spacial score (nSPS) is 11.1. The van der Waals surface area contributed by atoms with E-state index >= 15 is 0 Å². The highest BCUT2D eigenvalue weighted by Gasteiger charge is 2.13. The molecule has 2 aromatic heterocycles. The van der Waals surface area contributed by atoms with Crippen molar-refractivity contribution in [2.45, 2.75) is 26.5 Å². The average Bonchev–Trinajstić information content (AvgIpc) is 3.36. The lowest BCUT2D eigenvalue weighted by Crippen LogP contribution is -2.05. The van der Waals surface area contributed by atoms with Gasteiger partial charge in [0.15, 0.2) is 0 Å². The Morgan fingerprint density at radius 3 is 2.57 bits per heavy atom. The summed E-state index contributed by atoms with van der Waals surface area (Å²) >= 11 is 3.54. The number of hydrogen-bond donors (Lipinski definition) is 0. The van der Waals surface area contributed by atoms with E-state index in [9.17, 15) is 0 Å². The summed E-state index contributed by atoms with van der Waals surface area (Å²) in [5.74, 6) is 1.81. The second-order valence-corrected chi connectivity index (χ2v) is 7.52. The van der Waals surface area contributed by atoms with Crippen LogP contribution in [0.2, 0.25) is 0 Å². The quantitative estimate of drug-likeness (QED) is 0.413. The minimum Gasteiger partial charge on any atom is -0.490 e. The molecule has 0 amide bonds. The van der Waals surface area contributed by atoms with Gasteiger partial charge >= 0.3 is 0 Å². The van der Waals surface area contributed by atoms with Crippen LogP contribution in [-0.2, 0) is 6.54 Å². The Morgan fingerprint density at radius 1 is 1.11 bits per heavy atom. The van der Waals surface area contributed by atoms with Gasteiger partial charge in [0.1, 0.15) is 5.75 Å². The number of benzene rings is 2. The molecule has 28 heavy (non-hydrogen) atoms. The zero-order chi connectivity index (χ0) is 19.5. The lowest BCUT2D eigenvalue weighted by Gasteiger charge is -2.11. The van der Waals surface area contributed by atoms with Crippen molar-refractivity contribution in [3.8, 4) is 28.6 Å². The Bertz CT molecular complexity index is 1060. The summed E-state index contributed by atoms with van der Waals surface area (Å²) in [4.78, 5) is 8.59. The van der Waals surface area contributed by atoms with Gasteiger partial charge in [0.05, 0.1) is 16.9 Å². The predicted molar refractivity (Wildman–Crippen MR) is 110 cm³/mol. The molecule has 0 fully saturated rings. The molecule has 0 unspecified atom stereocenters. The number of aromatic nitrogens is 4. The van der Waals surface area contributed by atoms with E-state index in [0.29, 0.717) is 11.7 Å². The maximum atomic E-state index is 5.74. The molecule has 0 bridgehead atoms. The second kappa shape index (κ2) is 7.98. The standard InChI is InChI=1S/C21H19BrN4O2/c1-14(2)27-19-8-7-17(11-18(19)22)21-24-20(25-28-21)16-5-3-15(4-6-16)12-26-10-9-23-13-26/h3-11,13-14H,12H2,1-2H3. The van der Waals surface area contributed by atoms with Gasteiger partial charge in [0.2, 0.25) is 5.82 Å². The Morgan fingerprint density at radius 2 is 1.89 bits per heavy atom. The molecule has 0 N–H and O–H groups in total. The molecule has 0 aliphatic rings. The number of halogens is 1. The van der Waals surface area contributed by atoms with Crippen LogP contribution in [0.5, 0.6) is 5.75 Å². The molecular formula is C21H19BrN4O2. The van der Waals surface area contributed by atoms with Crippen molar-refractivity contribution in [3.63, 3.8) is 0 Å². The Hall–Kier alpha value is -2.93. The lowest BCUT2D eigenvalue weighted by molar-refractivity contribution is 0.241. The van der Waals surface area contributed by atoms with Crippen LogP contribution >= 0.6 is 15.9 Å². The lowest BCUT2D eigenvalue weighted by atomic mass is 10.1. The van der Waals surface area contributed by atoms with Gasteiger partial charge in [-0.3, -0.25) is 0 Å². The van der Waals surface area contributed by atoms with Crippen molar-refractivity contribution in [1.82, 2.24) is 19.7 Å². The van der Waals surface area contributed by atoms with E-state index in [1.807, 2.05) is 54.9 Å². The van der Waals surface area contributed by atoms with Crippen molar-refractivity contribution in [3.05, 3.63) is 71.2 Å². The van der Waals surface area contributed by atoms with E-state index in [4.69, 9.17) is 9.26 Å². The van der Waals surface area contributed by atoms with Gasteiger partial charge in [-0.1, -0.05) is 29.4 Å². The van der Waals surface area contributed by atoms with E-state index in [0.717, 1.165) is 27.9 Å². The minimum absolute atomic E-state index is 0.105. The summed E-state index contributed by atoms with van der Waals surface area (Å²) in [7, 11) is 0. The first-order chi connectivity index (χ1) is 13.6. The van der Waals surface area contributed by atoms with Crippen LogP contribution < -0.4 is 4.74 Å². The zero-order valence-corrected chi connectivity index (χ0v) is 17.1. The molecule has 0 spiro atoms. The van der Waals surface area contributed by atoms with Crippen LogP contribution in [0.1, 0.15) is 19.4 Å². The van der Waals surface area contributed by atoms with E-state index < -0.39 is 0 Å². The molecule has 7 heteroatoms. The molecule has 0 saturated carbocycles. The summed E-state index contributed by atoms with van der Waals surface area (Å²) in [6.45, 7) is 4.76. The van der Waals surface area contributed by atoms with Crippen molar-refractivity contribution < 1.29 is 9.26 Å². The van der Waals surface area contributed by atoms with Gasteiger partial charge in [0.25, 0.3) is 5.89 Å². The summed E-state index contributed by atoms with van der Waals surface area (Å²) in [6, 6.07) is 13.8. The maximum absolute atomic E-state index is 5.74. The fraction of sp³-hybridized carbons (Fsp3) is 0.190. The van der Waals surface area contributed by atoms with E-state index in [2.05, 4.69) is 43.2 Å². The highest BCUT2D eigenvalue weighted by molar-refractivity contribution is 9.10. The third kappa shape index (κ3) is 4.14. The van der Waals surface area contributed by atoms with Gasteiger partial charge in [0, 0.05) is 30.1 Å². The van der Waals surface area contributed by atoms with Gasteiger partial charge in [-0.25, -0.2) is 4.98 Å². The maximum Gasteiger partial charge on any atom is 0.258 e. The number of hydrogen-bond acceptors (Lipinski definition) is 5. The van der Waals surface area contributed by atoms with Gasteiger partial charge in [-0.05, 0) is 53.5 Å². The third-order valence-electron chi connectivity index (χ3n) is 4.10. The highest BCUT2D eigenvalue weighted by atomic mass is 79.9. The number of imidazole rings is 1. The molecule has 0 saturated heterocycles. The van der Waals surface area contributed by atoms with Crippen LogP contribution in [-0.4, -0.2) is 25.8 Å². The van der Waals surface area contributed by atoms with Crippen molar-refractivity contribution in [2.75, 3.05) is 0 Å². The minimum atomic E-state index is 0.105. The Kier molecular flexibility index (Phi) is 5.25. The summed E-state index contributed by atoms with van der Waals surface area (Å²) in [5, 5.41) is 4.12. The van der Waals surface area contributed by atoms with Gasteiger partial charge in [-0.2, -0.15) is 4.98 Å². The van der Waals surface area contributed by atoms with Crippen molar-refractivity contribution in [1.29, 1.82) is 0 Å². The topological polar surface area (TPSA) is 66.0 Å². The molecule has 0 atom stereocenters. The van der Waals surface area contributed by atoms with Gasteiger partial charge in [-0.15, -0.1) is 0 Å². The molecule has 2 aromatic carbocycles. The van der Waals surface area contributed by atoms with E-state index in [-0.39, 0.29) is 6.10 Å². The Labute approximate surface area is 171 Å². The SMILES string of the molecule is CC(C)Oc1ccc(-c2nc(-c3ccc(Cn4ccnc4)cc3)no2)cc1Br. The second-order valence-electron chi connectivity index (χ2n) is 6.67. The first kappa shape index (κ1) is 18.4. The van der Waals surface area contributed by atoms with Crippen LogP contribution in [0.25, 0.3) is 22.8 Å². The van der Waals surface area contributed by atoms with E-state index in [1.54, 1.807) is 12.5 Å². The fourth-order valence-corrected chi connectivity index (χ4v) is 3.26. The molecule has 4 aromatic rings. The Balaban J connectivity index is 1.52. The summed E-state index contributed by atoms with van der Waals surface area (Å²) < 4.78 is 14.1. The van der Waals surface area contributed by atoms with Crippen molar-refractivity contribution >= 4 is 15.9 Å².